The van der Waals surface area contributed by atoms with Gasteiger partial charge in [-0.15, -0.1) is 0 Å². The van der Waals surface area contributed by atoms with Crippen molar-refractivity contribution in [2.45, 2.75) is 32.2 Å². The Morgan fingerprint density at radius 1 is 1.21 bits per heavy atom. The summed E-state index contributed by atoms with van der Waals surface area (Å²) >= 11 is 0. The molecule has 24 heavy (non-hydrogen) atoms. The van der Waals surface area contributed by atoms with Gasteiger partial charge in [0.25, 0.3) is 0 Å². The van der Waals surface area contributed by atoms with Crippen LogP contribution in [0.25, 0.3) is 0 Å². The molecule has 1 unspecified atom stereocenters. The molecule has 0 aliphatic carbocycles. The zero-order valence-electron chi connectivity index (χ0n) is 14.6. The minimum Gasteiger partial charge on any atom is -0.373 e. The largest absolute Gasteiger partial charge is 0.373 e. The van der Waals surface area contributed by atoms with Crippen molar-refractivity contribution in [2.75, 3.05) is 37.3 Å². The predicted octanol–water partition coefficient (Wildman–Crippen LogP) is 2.95. The minimum atomic E-state index is 0.418. The molecule has 1 aromatic carbocycles. The molecular weight excluding hydrogens is 298 g/mol. The Morgan fingerprint density at radius 3 is 2.83 bits per heavy atom. The van der Waals surface area contributed by atoms with Crippen LogP contribution >= 0.6 is 0 Å². The highest BCUT2D eigenvalue weighted by atomic mass is 15.2. The number of benzene rings is 1. The molecule has 1 aliphatic rings. The van der Waals surface area contributed by atoms with Crippen LogP contribution in [-0.2, 0) is 6.42 Å². The van der Waals surface area contributed by atoms with Crippen molar-refractivity contribution in [3.05, 3.63) is 47.7 Å². The second-order valence-electron chi connectivity index (χ2n) is 6.49. The lowest BCUT2D eigenvalue weighted by Gasteiger charge is -2.33. The summed E-state index contributed by atoms with van der Waals surface area (Å²) in [5.41, 5.74) is 2.39. The van der Waals surface area contributed by atoms with Crippen molar-refractivity contribution in [1.29, 1.82) is 0 Å². The zero-order chi connectivity index (χ0) is 16.8. The van der Waals surface area contributed by atoms with E-state index in [0.29, 0.717) is 6.04 Å². The molecule has 1 aliphatic heterocycles. The summed E-state index contributed by atoms with van der Waals surface area (Å²) in [6, 6.07) is 13.1. The molecule has 1 aromatic heterocycles. The standard InChI is InChI=1S/C19H27N5/c1-15-13-18(20-2)23-19(21-15)22-17-9-6-11-24(14-17)12-10-16-7-4-3-5-8-16/h3-5,7-8,13,17H,6,9-12,14H2,1-2H3,(H2,20,21,22,23). The monoisotopic (exact) mass is 325 g/mol. The first kappa shape index (κ1) is 16.7. The van der Waals surface area contributed by atoms with Crippen LogP contribution in [0.3, 0.4) is 0 Å². The Bertz CT molecular complexity index is 643. The molecule has 1 fully saturated rings. The second kappa shape index (κ2) is 8.11. The number of aryl methyl sites for hydroxylation is 1. The topological polar surface area (TPSA) is 53.1 Å². The molecule has 128 valence electrons. The Hall–Kier alpha value is -2.14. The number of nitrogens with zero attached hydrogens (tertiary/aromatic N) is 3. The van der Waals surface area contributed by atoms with Crippen molar-refractivity contribution < 1.29 is 0 Å². The molecule has 0 bridgehead atoms. The van der Waals surface area contributed by atoms with Crippen molar-refractivity contribution in [2.24, 2.45) is 0 Å². The van der Waals surface area contributed by atoms with Gasteiger partial charge in [-0.3, -0.25) is 0 Å². The predicted molar refractivity (Wildman–Crippen MR) is 99.5 cm³/mol. The highest BCUT2D eigenvalue weighted by molar-refractivity contribution is 5.42. The molecule has 3 rings (SSSR count). The third-order valence-electron chi connectivity index (χ3n) is 4.51. The quantitative estimate of drug-likeness (QED) is 0.855. The second-order valence-corrected chi connectivity index (χ2v) is 6.49. The summed E-state index contributed by atoms with van der Waals surface area (Å²) in [5, 5.41) is 6.61. The SMILES string of the molecule is CNc1cc(C)nc(NC2CCCN(CCc3ccccc3)C2)n1. The van der Waals surface area contributed by atoms with Gasteiger partial charge >= 0.3 is 0 Å². The summed E-state index contributed by atoms with van der Waals surface area (Å²) in [6.45, 7) is 5.35. The van der Waals surface area contributed by atoms with E-state index in [0.717, 1.165) is 37.0 Å². The lowest BCUT2D eigenvalue weighted by molar-refractivity contribution is 0.218. The number of hydrogen-bond donors (Lipinski definition) is 2. The summed E-state index contributed by atoms with van der Waals surface area (Å²) in [5.74, 6) is 1.59. The first-order valence-corrected chi connectivity index (χ1v) is 8.79. The number of anilines is 2. The Balaban J connectivity index is 1.54. The molecule has 0 saturated carbocycles. The van der Waals surface area contributed by atoms with Crippen molar-refractivity contribution in [3.63, 3.8) is 0 Å². The normalized spacial score (nSPS) is 18.3. The number of nitrogens with one attached hydrogen (secondary N) is 2. The molecule has 1 saturated heterocycles. The van der Waals surface area contributed by atoms with Gasteiger partial charge in [0.2, 0.25) is 5.95 Å². The van der Waals surface area contributed by atoms with Gasteiger partial charge in [-0.05, 0) is 38.3 Å². The molecule has 2 aromatic rings. The summed E-state index contributed by atoms with van der Waals surface area (Å²) in [6.07, 6.45) is 3.50. The fourth-order valence-electron chi connectivity index (χ4n) is 3.25. The van der Waals surface area contributed by atoms with Gasteiger partial charge in [0, 0.05) is 37.9 Å². The molecule has 5 nitrogen and oxygen atoms in total. The van der Waals surface area contributed by atoms with Gasteiger partial charge in [0.15, 0.2) is 0 Å². The van der Waals surface area contributed by atoms with E-state index in [4.69, 9.17) is 0 Å². The summed E-state index contributed by atoms with van der Waals surface area (Å²) < 4.78 is 0. The third-order valence-corrected chi connectivity index (χ3v) is 4.51. The molecule has 2 heterocycles. The molecule has 0 radical (unpaired) electrons. The zero-order valence-corrected chi connectivity index (χ0v) is 14.6. The van der Waals surface area contributed by atoms with E-state index in [-0.39, 0.29) is 0 Å². The molecule has 2 N–H and O–H groups in total. The highest BCUT2D eigenvalue weighted by Gasteiger charge is 2.20. The number of hydrogen-bond acceptors (Lipinski definition) is 5. The number of rotatable bonds is 6. The first-order chi connectivity index (χ1) is 11.7. The maximum absolute atomic E-state index is 4.51. The lowest BCUT2D eigenvalue weighted by Crippen LogP contribution is -2.43. The van der Waals surface area contributed by atoms with E-state index in [1.807, 2.05) is 20.0 Å². The van der Waals surface area contributed by atoms with Crippen molar-refractivity contribution in [1.82, 2.24) is 14.9 Å². The average Bonchev–Trinajstić information content (AvgIpc) is 2.60. The van der Waals surface area contributed by atoms with Crippen LogP contribution in [0.15, 0.2) is 36.4 Å². The Morgan fingerprint density at radius 2 is 2.04 bits per heavy atom. The van der Waals surface area contributed by atoms with E-state index in [9.17, 15) is 0 Å². The number of likely N-dealkylation sites (tertiary alicyclic amines) is 1. The maximum atomic E-state index is 4.51. The van der Waals surface area contributed by atoms with E-state index < -0.39 is 0 Å². The van der Waals surface area contributed by atoms with Crippen LogP contribution in [-0.4, -0.2) is 47.6 Å². The van der Waals surface area contributed by atoms with Crippen molar-refractivity contribution >= 4 is 11.8 Å². The van der Waals surface area contributed by atoms with Gasteiger partial charge in [0.1, 0.15) is 5.82 Å². The van der Waals surface area contributed by atoms with Gasteiger partial charge in [-0.2, -0.15) is 4.98 Å². The molecule has 0 spiro atoms. The van der Waals surface area contributed by atoms with E-state index in [1.54, 1.807) is 0 Å². The van der Waals surface area contributed by atoms with E-state index in [2.05, 4.69) is 55.8 Å². The molecule has 0 amide bonds. The number of piperidine rings is 1. The molecule has 1 atom stereocenters. The van der Waals surface area contributed by atoms with Crippen LogP contribution in [0.2, 0.25) is 0 Å². The first-order valence-electron chi connectivity index (χ1n) is 8.79. The maximum Gasteiger partial charge on any atom is 0.225 e. The van der Waals surface area contributed by atoms with E-state index >= 15 is 0 Å². The smallest absolute Gasteiger partial charge is 0.225 e. The van der Waals surface area contributed by atoms with E-state index in [1.165, 1.54) is 24.9 Å². The van der Waals surface area contributed by atoms with Crippen LogP contribution in [0, 0.1) is 6.92 Å². The van der Waals surface area contributed by atoms with Crippen LogP contribution in [0.4, 0.5) is 11.8 Å². The third kappa shape index (κ3) is 4.68. The lowest BCUT2D eigenvalue weighted by atomic mass is 10.0. The van der Waals surface area contributed by atoms with Crippen LogP contribution in [0.5, 0.6) is 0 Å². The Kier molecular flexibility index (Phi) is 5.64. The Labute approximate surface area is 144 Å². The number of aromatic nitrogens is 2. The van der Waals surface area contributed by atoms with Crippen LogP contribution < -0.4 is 10.6 Å². The fourth-order valence-corrected chi connectivity index (χ4v) is 3.25. The summed E-state index contributed by atoms with van der Waals surface area (Å²) in [4.78, 5) is 11.6. The minimum absolute atomic E-state index is 0.418. The average molecular weight is 325 g/mol. The van der Waals surface area contributed by atoms with Crippen LogP contribution in [0.1, 0.15) is 24.1 Å². The highest BCUT2D eigenvalue weighted by Crippen LogP contribution is 2.16. The van der Waals surface area contributed by atoms with Gasteiger partial charge < -0.3 is 15.5 Å². The van der Waals surface area contributed by atoms with Crippen molar-refractivity contribution in [3.8, 4) is 0 Å². The fraction of sp³-hybridized carbons (Fsp3) is 0.474. The molecular formula is C19H27N5. The van der Waals surface area contributed by atoms with Gasteiger partial charge in [-0.1, -0.05) is 30.3 Å². The molecule has 5 heteroatoms. The van der Waals surface area contributed by atoms with Gasteiger partial charge in [-0.25, -0.2) is 4.98 Å². The summed E-state index contributed by atoms with van der Waals surface area (Å²) in [7, 11) is 1.89. The van der Waals surface area contributed by atoms with Gasteiger partial charge in [0.05, 0.1) is 0 Å².